The first-order chi connectivity index (χ1) is 16.0. The van der Waals surface area contributed by atoms with E-state index in [1.807, 2.05) is 66.3 Å². The molecule has 5 rings (SSSR count). The highest BCUT2D eigenvalue weighted by molar-refractivity contribution is 5.94. The number of aryl methyl sites for hydroxylation is 1. The number of halogens is 1. The third-order valence-corrected chi connectivity index (χ3v) is 5.51. The van der Waals surface area contributed by atoms with Gasteiger partial charge in [-0.1, -0.05) is 36.4 Å². The number of nitrogens with zero attached hydrogens (tertiary/aromatic N) is 3. The van der Waals surface area contributed by atoms with Gasteiger partial charge in [0.15, 0.2) is 0 Å². The smallest absolute Gasteiger partial charge is 0.251 e. The van der Waals surface area contributed by atoms with Gasteiger partial charge in [0.2, 0.25) is 0 Å². The molecule has 0 aliphatic heterocycles. The monoisotopic (exact) mass is 439 g/mol. The minimum absolute atomic E-state index is 0.103. The van der Waals surface area contributed by atoms with E-state index in [9.17, 15) is 9.18 Å². The third-order valence-electron chi connectivity index (χ3n) is 5.51. The van der Waals surface area contributed by atoms with Gasteiger partial charge in [-0.3, -0.25) is 4.79 Å². The van der Waals surface area contributed by atoms with E-state index in [2.05, 4.69) is 20.3 Å². The summed E-state index contributed by atoms with van der Waals surface area (Å²) in [6.07, 6.45) is 4.39. The van der Waals surface area contributed by atoms with Crippen molar-refractivity contribution in [3.63, 3.8) is 0 Å². The Labute approximate surface area is 190 Å². The molecule has 0 spiro atoms. The average Bonchev–Trinajstić information content (AvgIpc) is 3.44. The Morgan fingerprint density at radius 3 is 2.39 bits per heavy atom. The van der Waals surface area contributed by atoms with Crippen LogP contribution in [0.25, 0.3) is 33.5 Å². The average molecular weight is 439 g/mol. The molecule has 6 nitrogen and oxygen atoms in total. The fraction of sp³-hybridized carbons (Fsp3) is 0.115. The molecule has 2 aromatic heterocycles. The van der Waals surface area contributed by atoms with Gasteiger partial charge in [0.1, 0.15) is 11.6 Å². The second kappa shape index (κ2) is 8.70. The van der Waals surface area contributed by atoms with Gasteiger partial charge in [-0.15, -0.1) is 0 Å². The summed E-state index contributed by atoms with van der Waals surface area (Å²) in [6, 6.07) is 20.0. The van der Waals surface area contributed by atoms with Crippen molar-refractivity contribution < 1.29 is 9.18 Å². The molecule has 0 saturated carbocycles. The summed E-state index contributed by atoms with van der Waals surface area (Å²) in [5.74, 6) is 0.299. The van der Waals surface area contributed by atoms with Crippen LogP contribution in [0.4, 0.5) is 4.39 Å². The van der Waals surface area contributed by atoms with Gasteiger partial charge in [-0.25, -0.2) is 14.4 Å². The molecule has 0 unspecified atom stereocenters. The van der Waals surface area contributed by atoms with Crippen molar-refractivity contribution >= 4 is 16.9 Å². The predicted octanol–water partition coefficient (Wildman–Crippen LogP) is 4.74. The van der Waals surface area contributed by atoms with Crippen molar-refractivity contribution in [2.24, 2.45) is 7.05 Å². The molecule has 2 heterocycles. The van der Waals surface area contributed by atoms with Gasteiger partial charge >= 0.3 is 0 Å². The lowest BCUT2D eigenvalue weighted by molar-refractivity contribution is 0.0954. The van der Waals surface area contributed by atoms with Gasteiger partial charge in [0.05, 0.1) is 23.1 Å². The molecule has 0 radical (unpaired) electrons. The number of fused-ring (bicyclic) bond motifs is 1. The van der Waals surface area contributed by atoms with E-state index < -0.39 is 0 Å². The van der Waals surface area contributed by atoms with Crippen LogP contribution >= 0.6 is 0 Å². The van der Waals surface area contributed by atoms with Crippen LogP contribution in [0.2, 0.25) is 0 Å². The van der Waals surface area contributed by atoms with Crippen LogP contribution < -0.4 is 5.32 Å². The standard InChI is InChI=1S/C26H22FN5O/c1-32-15-22(29-16-32)12-13-28-26(33)20-8-4-18(5-9-20)17-2-6-19(7-3-17)25-30-23-11-10-21(27)14-24(23)31-25/h2-11,14-16H,12-13H2,1H3,(H,28,33)(H,30,31). The fourth-order valence-corrected chi connectivity index (χ4v) is 3.76. The summed E-state index contributed by atoms with van der Waals surface area (Å²) in [5.41, 5.74) is 5.92. The Bertz CT molecular complexity index is 1420. The molecule has 0 aliphatic carbocycles. The molecule has 2 N–H and O–H groups in total. The Morgan fingerprint density at radius 1 is 1.00 bits per heavy atom. The minimum Gasteiger partial charge on any atom is -0.352 e. The number of hydrogen-bond acceptors (Lipinski definition) is 3. The Morgan fingerprint density at radius 2 is 1.70 bits per heavy atom. The number of rotatable bonds is 6. The molecule has 3 aromatic carbocycles. The van der Waals surface area contributed by atoms with Gasteiger partial charge in [0.25, 0.3) is 5.91 Å². The van der Waals surface area contributed by atoms with E-state index in [-0.39, 0.29) is 11.7 Å². The van der Waals surface area contributed by atoms with E-state index >= 15 is 0 Å². The maximum atomic E-state index is 13.4. The Kier molecular flexibility index (Phi) is 5.44. The number of carbonyl (C=O) groups is 1. The zero-order valence-corrected chi connectivity index (χ0v) is 18.0. The van der Waals surface area contributed by atoms with Crippen LogP contribution in [0, 0.1) is 5.82 Å². The number of nitrogens with one attached hydrogen (secondary N) is 2. The number of H-pyrrole nitrogens is 1. The molecule has 0 saturated heterocycles. The first kappa shape index (κ1) is 20.6. The van der Waals surface area contributed by atoms with Crippen LogP contribution in [0.15, 0.2) is 79.3 Å². The highest BCUT2D eigenvalue weighted by Crippen LogP contribution is 2.25. The molecule has 0 atom stereocenters. The zero-order chi connectivity index (χ0) is 22.8. The quantitative estimate of drug-likeness (QED) is 0.401. The molecular weight excluding hydrogens is 417 g/mol. The van der Waals surface area contributed by atoms with Crippen LogP contribution in [-0.2, 0) is 13.5 Å². The highest BCUT2D eigenvalue weighted by Gasteiger charge is 2.09. The van der Waals surface area contributed by atoms with Gasteiger partial charge < -0.3 is 14.9 Å². The molecule has 5 aromatic rings. The second-order valence-corrected chi connectivity index (χ2v) is 7.94. The number of carbonyl (C=O) groups excluding carboxylic acids is 1. The maximum Gasteiger partial charge on any atom is 0.251 e. The van der Waals surface area contributed by atoms with E-state index in [0.717, 1.165) is 27.9 Å². The summed E-state index contributed by atoms with van der Waals surface area (Å²) in [6.45, 7) is 0.535. The van der Waals surface area contributed by atoms with Crippen molar-refractivity contribution in [1.29, 1.82) is 0 Å². The molecular formula is C26H22FN5O. The predicted molar refractivity (Wildman–Crippen MR) is 126 cm³/mol. The summed E-state index contributed by atoms with van der Waals surface area (Å²) in [7, 11) is 1.92. The van der Waals surface area contributed by atoms with E-state index in [1.54, 1.807) is 12.4 Å². The molecule has 1 amide bonds. The SMILES string of the molecule is Cn1cnc(CCNC(=O)c2ccc(-c3ccc(-c4nc5ccc(F)cc5[nH]4)cc3)cc2)c1. The Balaban J connectivity index is 1.24. The summed E-state index contributed by atoms with van der Waals surface area (Å²) in [5, 5.41) is 2.93. The third kappa shape index (κ3) is 4.52. The topological polar surface area (TPSA) is 75.6 Å². The van der Waals surface area contributed by atoms with Gasteiger partial charge in [-0.2, -0.15) is 0 Å². The lowest BCUT2D eigenvalue weighted by Crippen LogP contribution is -2.25. The number of benzene rings is 3. The zero-order valence-electron chi connectivity index (χ0n) is 18.0. The first-order valence-electron chi connectivity index (χ1n) is 10.7. The molecule has 33 heavy (non-hydrogen) atoms. The van der Waals surface area contributed by atoms with Crippen LogP contribution in [-0.4, -0.2) is 32.0 Å². The minimum atomic E-state index is -0.293. The molecule has 7 heteroatoms. The number of hydrogen-bond donors (Lipinski definition) is 2. The van der Waals surface area contributed by atoms with Gasteiger partial charge in [0, 0.05) is 37.3 Å². The lowest BCUT2D eigenvalue weighted by atomic mass is 10.0. The van der Waals surface area contributed by atoms with E-state index in [0.29, 0.717) is 29.9 Å². The van der Waals surface area contributed by atoms with Crippen LogP contribution in [0.5, 0.6) is 0 Å². The van der Waals surface area contributed by atoms with Crippen molar-refractivity contribution in [2.45, 2.75) is 6.42 Å². The van der Waals surface area contributed by atoms with Crippen molar-refractivity contribution in [3.8, 4) is 22.5 Å². The van der Waals surface area contributed by atoms with E-state index in [1.165, 1.54) is 12.1 Å². The maximum absolute atomic E-state index is 13.4. The van der Waals surface area contributed by atoms with Crippen molar-refractivity contribution in [2.75, 3.05) is 6.54 Å². The number of aromatic nitrogens is 4. The van der Waals surface area contributed by atoms with Gasteiger partial charge in [-0.05, 0) is 41.5 Å². The number of aromatic amines is 1. The van der Waals surface area contributed by atoms with Crippen LogP contribution in [0.1, 0.15) is 16.1 Å². The highest BCUT2D eigenvalue weighted by atomic mass is 19.1. The molecule has 0 bridgehead atoms. The second-order valence-electron chi connectivity index (χ2n) is 7.94. The summed E-state index contributed by atoms with van der Waals surface area (Å²) >= 11 is 0. The summed E-state index contributed by atoms with van der Waals surface area (Å²) in [4.78, 5) is 24.4. The molecule has 0 fully saturated rings. The normalized spacial score (nSPS) is 11.1. The molecule has 164 valence electrons. The van der Waals surface area contributed by atoms with E-state index in [4.69, 9.17) is 0 Å². The largest absolute Gasteiger partial charge is 0.352 e. The van der Waals surface area contributed by atoms with Crippen LogP contribution in [0.3, 0.4) is 0 Å². The number of imidazole rings is 2. The molecule has 0 aliphatic rings. The first-order valence-corrected chi connectivity index (χ1v) is 10.7. The Hall–Kier alpha value is -4.26. The fourth-order valence-electron chi connectivity index (χ4n) is 3.76. The lowest BCUT2D eigenvalue weighted by Gasteiger charge is -2.07. The van der Waals surface area contributed by atoms with Crippen molar-refractivity contribution in [1.82, 2.24) is 24.8 Å². The van der Waals surface area contributed by atoms with Crippen molar-refractivity contribution in [3.05, 3.63) is 96.3 Å². The number of amides is 1. The summed E-state index contributed by atoms with van der Waals surface area (Å²) < 4.78 is 15.3.